The monoisotopic (exact) mass is 278 g/mol. The number of pyridine rings is 1. The Morgan fingerprint density at radius 1 is 1.50 bits per heavy atom. The van der Waals surface area contributed by atoms with Crippen LogP contribution in [0.5, 0.6) is 0 Å². The van der Waals surface area contributed by atoms with Crippen molar-refractivity contribution >= 4 is 11.7 Å². The molecule has 1 saturated heterocycles. The Morgan fingerprint density at radius 3 is 2.85 bits per heavy atom. The van der Waals surface area contributed by atoms with Crippen molar-refractivity contribution in [3.05, 3.63) is 23.9 Å². The van der Waals surface area contributed by atoms with Crippen LogP contribution < -0.4 is 16.0 Å². The third-order valence-electron chi connectivity index (χ3n) is 3.39. The number of rotatable bonds is 5. The van der Waals surface area contributed by atoms with E-state index in [1.807, 2.05) is 19.1 Å². The largest absolute Gasteiger partial charge is 0.378 e. The lowest BCUT2D eigenvalue weighted by Crippen LogP contribution is -2.39. The molecule has 6 heteroatoms. The highest BCUT2D eigenvalue weighted by atomic mass is 16.5. The maximum atomic E-state index is 11.6. The van der Waals surface area contributed by atoms with E-state index in [0.29, 0.717) is 13.0 Å². The molecule has 20 heavy (non-hydrogen) atoms. The number of amides is 1. The van der Waals surface area contributed by atoms with Crippen LogP contribution in [0.25, 0.3) is 0 Å². The number of carbonyl (C=O) groups is 1. The average Bonchev–Trinajstić information content (AvgIpc) is 2.53. The van der Waals surface area contributed by atoms with Crippen LogP contribution in [-0.4, -0.2) is 43.2 Å². The molecule has 1 atom stereocenters. The summed E-state index contributed by atoms with van der Waals surface area (Å²) in [6, 6.07) is 3.53. The number of anilines is 1. The summed E-state index contributed by atoms with van der Waals surface area (Å²) in [6.45, 7) is 5.58. The van der Waals surface area contributed by atoms with Gasteiger partial charge < -0.3 is 20.7 Å². The number of aromatic nitrogens is 1. The highest BCUT2D eigenvalue weighted by Gasteiger charge is 2.13. The Bertz CT molecular complexity index is 429. The first-order valence-electron chi connectivity index (χ1n) is 7.01. The fourth-order valence-corrected chi connectivity index (χ4v) is 2.01. The van der Waals surface area contributed by atoms with Gasteiger partial charge in [0.1, 0.15) is 5.82 Å². The first-order valence-corrected chi connectivity index (χ1v) is 7.01. The molecule has 1 aromatic rings. The van der Waals surface area contributed by atoms with Gasteiger partial charge in [-0.25, -0.2) is 4.98 Å². The SMILES string of the molecule is CCC(N)C(=O)NCc1ccc(N2CCOCC2)nc1. The summed E-state index contributed by atoms with van der Waals surface area (Å²) in [7, 11) is 0. The number of nitrogens with zero attached hydrogens (tertiary/aromatic N) is 2. The van der Waals surface area contributed by atoms with Crippen molar-refractivity contribution in [2.45, 2.75) is 25.9 Å². The smallest absolute Gasteiger partial charge is 0.237 e. The van der Waals surface area contributed by atoms with Gasteiger partial charge in [0, 0.05) is 25.8 Å². The Kier molecular flexibility index (Phi) is 5.31. The van der Waals surface area contributed by atoms with E-state index in [2.05, 4.69) is 15.2 Å². The lowest BCUT2D eigenvalue weighted by molar-refractivity contribution is -0.122. The predicted octanol–water partition coefficient (Wildman–Crippen LogP) is 0.272. The van der Waals surface area contributed by atoms with Crippen LogP contribution in [-0.2, 0) is 16.1 Å². The van der Waals surface area contributed by atoms with Crippen molar-refractivity contribution in [2.24, 2.45) is 5.73 Å². The summed E-state index contributed by atoms with van der Waals surface area (Å²) in [5.74, 6) is 0.832. The van der Waals surface area contributed by atoms with Gasteiger partial charge in [-0.2, -0.15) is 0 Å². The van der Waals surface area contributed by atoms with Gasteiger partial charge in [0.15, 0.2) is 0 Å². The second kappa shape index (κ2) is 7.21. The lowest BCUT2D eigenvalue weighted by atomic mass is 10.2. The summed E-state index contributed by atoms with van der Waals surface area (Å²) in [4.78, 5) is 18.2. The highest BCUT2D eigenvalue weighted by Crippen LogP contribution is 2.12. The van der Waals surface area contributed by atoms with Crippen molar-refractivity contribution in [3.8, 4) is 0 Å². The third-order valence-corrected chi connectivity index (χ3v) is 3.39. The van der Waals surface area contributed by atoms with E-state index in [4.69, 9.17) is 10.5 Å². The minimum atomic E-state index is -0.435. The van der Waals surface area contributed by atoms with Crippen LogP contribution >= 0.6 is 0 Å². The Morgan fingerprint density at radius 2 is 2.25 bits per heavy atom. The molecule has 1 aromatic heterocycles. The van der Waals surface area contributed by atoms with Crippen molar-refractivity contribution < 1.29 is 9.53 Å². The van der Waals surface area contributed by atoms with E-state index in [-0.39, 0.29) is 5.91 Å². The molecule has 3 N–H and O–H groups in total. The minimum absolute atomic E-state index is 0.121. The molecule has 6 nitrogen and oxygen atoms in total. The third kappa shape index (κ3) is 3.91. The zero-order valence-electron chi connectivity index (χ0n) is 11.8. The van der Waals surface area contributed by atoms with Crippen LogP contribution in [0.15, 0.2) is 18.3 Å². The highest BCUT2D eigenvalue weighted by molar-refractivity contribution is 5.81. The molecule has 1 aliphatic heterocycles. The molecule has 2 heterocycles. The van der Waals surface area contributed by atoms with Crippen molar-refractivity contribution in [2.75, 3.05) is 31.2 Å². The fourth-order valence-electron chi connectivity index (χ4n) is 2.01. The molecule has 1 fully saturated rings. The zero-order valence-corrected chi connectivity index (χ0v) is 11.8. The fraction of sp³-hybridized carbons (Fsp3) is 0.571. The van der Waals surface area contributed by atoms with E-state index in [9.17, 15) is 4.79 Å². The number of carbonyl (C=O) groups excluding carboxylic acids is 1. The van der Waals surface area contributed by atoms with E-state index in [0.717, 1.165) is 37.7 Å². The van der Waals surface area contributed by atoms with E-state index in [1.54, 1.807) is 6.20 Å². The van der Waals surface area contributed by atoms with E-state index >= 15 is 0 Å². The maximum Gasteiger partial charge on any atom is 0.237 e. The van der Waals surface area contributed by atoms with Crippen LogP contribution in [0.1, 0.15) is 18.9 Å². The predicted molar refractivity (Wildman–Crippen MR) is 77.4 cm³/mol. The second-order valence-corrected chi connectivity index (χ2v) is 4.86. The number of nitrogens with one attached hydrogen (secondary N) is 1. The molecule has 110 valence electrons. The molecule has 1 amide bonds. The van der Waals surface area contributed by atoms with Gasteiger partial charge in [0.05, 0.1) is 19.3 Å². The molecule has 2 rings (SSSR count). The molecular weight excluding hydrogens is 256 g/mol. The van der Waals surface area contributed by atoms with E-state index < -0.39 is 6.04 Å². The quantitative estimate of drug-likeness (QED) is 0.808. The standard InChI is InChI=1S/C14H22N4O2/c1-2-12(15)14(19)17-10-11-3-4-13(16-9-11)18-5-7-20-8-6-18/h3-4,9,12H,2,5-8,10,15H2,1H3,(H,17,19). The molecule has 1 unspecified atom stereocenters. The molecule has 0 aliphatic carbocycles. The number of nitrogens with two attached hydrogens (primary N) is 1. The average molecular weight is 278 g/mol. The van der Waals surface area contributed by atoms with Gasteiger partial charge >= 0.3 is 0 Å². The molecule has 1 aliphatic rings. The van der Waals surface area contributed by atoms with Crippen molar-refractivity contribution in [1.29, 1.82) is 0 Å². The molecule has 0 spiro atoms. The summed E-state index contributed by atoms with van der Waals surface area (Å²) in [6.07, 6.45) is 2.43. The summed E-state index contributed by atoms with van der Waals surface area (Å²) < 4.78 is 5.31. The number of ether oxygens (including phenoxy) is 1. The molecular formula is C14H22N4O2. The Labute approximate surface area is 119 Å². The number of hydrogen-bond acceptors (Lipinski definition) is 5. The molecule has 0 aromatic carbocycles. The minimum Gasteiger partial charge on any atom is -0.378 e. The summed E-state index contributed by atoms with van der Waals surface area (Å²) >= 11 is 0. The van der Waals surface area contributed by atoms with Gasteiger partial charge in [-0.05, 0) is 18.1 Å². The van der Waals surface area contributed by atoms with Crippen molar-refractivity contribution in [1.82, 2.24) is 10.3 Å². The Hall–Kier alpha value is -1.66. The van der Waals surface area contributed by atoms with Gasteiger partial charge in [-0.15, -0.1) is 0 Å². The van der Waals surface area contributed by atoms with Gasteiger partial charge in [0.25, 0.3) is 0 Å². The Balaban J connectivity index is 1.86. The van der Waals surface area contributed by atoms with E-state index in [1.165, 1.54) is 0 Å². The topological polar surface area (TPSA) is 80.5 Å². The zero-order chi connectivity index (χ0) is 14.4. The number of morpholine rings is 1. The summed E-state index contributed by atoms with van der Waals surface area (Å²) in [5.41, 5.74) is 6.63. The van der Waals surface area contributed by atoms with Gasteiger partial charge in [-0.3, -0.25) is 4.79 Å². The normalized spacial score (nSPS) is 16.8. The first-order chi connectivity index (χ1) is 9.70. The molecule has 0 radical (unpaired) electrons. The lowest BCUT2D eigenvalue weighted by Gasteiger charge is -2.27. The van der Waals surface area contributed by atoms with Gasteiger partial charge in [0.2, 0.25) is 5.91 Å². The number of hydrogen-bond donors (Lipinski definition) is 2. The maximum absolute atomic E-state index is 11.6. The van der Waals surface area contributed by atoms with Crippen LogP contribution in [0.2, 0.25) is 0 Å². The second-order valence-electron chi connectivity index (χ2n) is 4.86. The van der Waals surface area contributed by atoms with Crippen LogP contribution in [0, 0.1) is 0 Å². The van der Waals surface area contributed by atoms with Crippen molar-refractivity contribution in [3.63, 3.8) is 0 Å². The van der Waals surface area contributed by atoms with Gasteiger partial charge in [-0.1, -0.05) is 13.0 Å². The molecule has 0 bridgehead atoms. The summed E-state index contributed by atoms with van der Waals surface area (Å²) in [5, 5.41) is 2.81. The van der Waals surface area contributed by atoms with Crippen LogP contribution in [0.3, 0.4) is 0 Å². The molecule has 0 saturated carbocycles. The van der Waals surface area contributed by atoms with Crippen LogP contribution in [0.4, 0.5) is 5.82 Å². The first kappa shape index (κ1) is 14.7.